The SMILES string of the molecule is O=C(Cl)OC12CC(C(=O)c3ccccc3)(C1)C2. The van der Waals surface area contributed by atoms with Gasteiger partial charge in [-0.15, -0.1) is 0 Å². The Labute approximate surface area is 104 Å². The van der Waals surface area contributed by atoms with Crippen LogP contribution >= 0.6 is 11.6 Å². The Morgan fingerprint density at radius 3 is 2.24 bits per heavy atom. The highest BCUT2D eigenvalue weighted by Crippen LogP contribution is 2.70. The number of hydrogen-bond acceptors (Lipinski definition) is 3. The van der Waals surface area contributed by atoms with E-state index in [4.69, 9.17) is 16.3 Å². The summed E-state index contributed by atoms with van der Waals surface area (Å²) in [4.78, 5) is 22.9. The summed E-state index contributed by atoms with van der Waals surface area (Å²) < 4.78 is 5.02. The first-order valence-corrected chi connectivity index (χ1v) is 5.92. The largest absolute Gasteiger partial charge is 0.447 e. The Morgan fingerprint density at radius 2 is 1.71 bits per heavy atom. The minimum Gasteiger partial charge on any atom is -0.447 e. The highest BCUT2D eigenvalue weighted by atomic mass is 35.5. The number of halogens is 1. The quantitative estimate of drug-likeness (QED) is 0.611. The average Bonchev–Trinajstić information content (AvgIpc) is 2.21. The Bertz CT molecular complexity index is 475. The van der Waals surface area contributed by atoms with Crippen LogP contribution in [0.5, 0.6) is 0 Å². The van der Waals surface area contributed by atoms with Crippen molar-refractivity contribution >= 4 is 22.8 Å². The van der Waals surface area contributed by atoms with Crippen LogP contribution in [0.25, 0.3) is 0 Å². The first-order chi connectivity index (χ1) is 8.05. The van der Waals surface area contributed by atoms with Crippen molar-refractivity contribution in [3.05, 3.63) is 35.9 Å². The summed E-state index contributed by atoms with van der Waals surface area (Å²) in [6, 6.07) is 9.24. The van der Waals surface area contributed by atoms with Crippen molar-refractivity contribution in [2.45, 2.75) is 24.9 Å². The standard InChI is InChI=1S/C13H11ClO3/c14-11(16)17-13-6-12(7-13,8-13)10(15)9-4-2-1-3-5-9/h1-5H,6-8H2. The van der Waals surface area contributed by atoms with Crippen LogP contribution in [0.15, 0.2) is 30.3 Å². The lowest BCUT2D eigenvalue weighted by atomic mass is 9.39. The van der Waals surface area contributed by atoms with Gasteiger partial charge in [-0.05, 0) is 0 Å². The van der Waals surface area contributed by atoms with E-state index in [9.17, 15) is 9.59 Å². The van der Waals surface area contributed by atoms with Gasteiger partial charge in [0.05, 0.1) is 0 Å². The van der Waals surface area contributed by atoms with Crippen molar-refractivity contribution in [2.75, 3.05) is 0 Å². The molecular formula is C13H11ClO3. The lowest BCUT2D eigenvalue weighted by Gasteiger charge is -2.67. The molecule has 0 amide bonds. The Balaban J connectivity index is 1.71. The highest BCUT2D eigenvalue weighted by Gasteiger charge is 2.73. The lowest BCUT2D eigenvalue weighted by Crippen LogP contribution is -2.71. The maximum absolute atomic E-state index is 12.2. The number of ether oxygens (including phenoxy) is 1. The molecule has 3 aliphatic carbocycles. The number of benzene rings is 1. The van der Waals surface area contributed by atoms with Gasteiger partial charge < -0.3 is 4.74 Å². The molecule has 3 saturated carbocycles. The minimum absolute atomic E-state index is 0.158. The Morgan fingerprint density at radius 1 is 1.12 bits per heavy atom. The number of Topliss-reactive ketones (excluding diaryl/α,β-unsaturated/α-hetero) is 1. The minimum atomic E-state index is -0.773. The maximum atomic E-state index is 12.2. The molecule has 17 heavy (non-hydrogen) atoms. The van der Waals surface area contributed by atoms with E-state index < -0.39 is 11.0 Å². The van der Waals surface area contributed by atoms with E-state index in [1.165, 1.54) is 0 Å². The monoisotopic (exact) mass is 250 g/mol. The third-order valence-corrected chi connectivity index (χ3v) is 3.87. The van der Waals surface area contributed by atoms with Gasteiger partial charge >= 0.3 is 5.43 Å². The van der Waals surface area contributed by atoms with Crippen molar-refractivity contribution in [3.8, 4) is 0 Å². The molecule has 3 aliphatic rings. The van der Waals surface area contributed by atoms with Crippen molar-refractivity contribution in [2.24, 2.45) is 5.41 Å². The zero-order valence-corrected chi connectivity index (χ0v) is 9.87. The van der Waals surface area contributed by atoms with E-state index in [2.05, 4.69) is 0 Å². The summed E-state index contributed by atoms with van der Waals surface area (Å²) >= 11 is 5.20. The molecule has 0 atom stereocenters. The van der Waals surface area contributed by atoms with Crippen LogP contribution in [0, 0.1) is 5.41 Å². The molecule has 0 N–H and O–H groups in total. The summed E-state index contributed by atoms with van der Waals surface area (Å²) in [7, 11) is 0. The van der Waals surface area contributed by atoms with Gasteiger partial charge in [0.1, 0.15) is 5.60 Å². The molecule has 0 aromatic heterocycles. The van der Waals surface area contributed by atoms with Gasteiger partial charge in [-0.1, -0.05) is 30.3 Å². The van der Waals surface area contributed by atoms with E-state index in [-0.39, 0.29) is 11.2 Å². The van der Waals surface area contributed by atoms with Gasteiger partial charge in [0.2, 0.25) is 0 Å². The summed E-state index contributed by atoms with van der Waals surface area (Å²) in [5.74, 6) is 0.158. The zero-order chi connectivity index (χ0) is 12.1. The molecule has 3 fully saturated rings. The molecule has 0 heterocycles. The third-order valence-electron chi connectivity index (χ3n) is 3.80. The van der Waals surface area contributed by atoms with Crippen molar-refractivity contribution in [3.63, 3.8) is 0 Å². The summed E-state index contributed by atoms with van der Waals surface area (Å²) in [6.07, 6.45) is 1.85. The number of ketones is 1. The van der Waals surface area contributed by atoms with Gasteiger partial charge in [-0.25, -0.2) is 4.79 Å². The molecule has 0 saturated heterocycles. The number of rotatable bonds is 3. The van der Waals surface area contributed by atoms with Crippen LogP contribution in [0.3, 0.4) is 0 Å². The molecule has 0 aliphatic heterocycles. The summed E-state index contributed by atoms with van der Waals surface area (Å²) in [5.41, 5.74) is -0.778. The van der Waals surface area contributed by atoms with Crippen LogP contribution < -0.4 is 0 Å². The molecule has 1 aromatic carbocycles. The predicted molar refractivity (Wildman–Crippen MR) is 62.1 cm³/mol. The Hall–Kier alpha value is -1.35. The molecule has 4 rings (SSSR count). The van der Waals surface area contributed by atoms with E-state index in [0.717, 1.165) is 5.56 Å². The second-order valence-electron chi connectivity index (χ2n) is 5.03. The molecule has 3 nitrogen and oxygen atoms in total. The predicted octanol–water partition coefficient (Wildman–Crippen LogP) is 3.17. The fraction of sp³-hybridized carbons (Fsp3) is 0.385. The van der Waals surface area contributed by atoms with Gasteiger partial charge in [0.15, 0.2) is 5.78 Å². The van der Waals surface area contributed by atoms with Crippen molar-refractivity contribution < 1.29 is 14.3 Å². The van der Waals surface area contributed by atoms with E-state index in [0.29, 0.717) is 19.3 Å². The topological polar surface area (TPSA) is 43.4 Å². The second-order valence-corrected chi connectivity index (χ2v) is 5.34. The van der Waals surface area contributed by atoms with Crippen LogP contribution in [0.4, 0.5) is 4.79 Å². The van der Waals surface area contributed by atoms with E-state index in [1.54, 1.807) is 0 Å². The molecule has 0 radical (unpaired) electrons. The summed E-state index contributed by atoms with van der Waals surface area (Å²) in [6.45, 7) is 0. The Kier molecular flexibility index (Phi) is 2.11. The van der Waals surface area contributed by atoms with Gasteiger partial charge in [0.25, 0.3) is 0 Å². The molecule has 0 spiro atoms. The van der Waals surface area contributed by atoms with Gasteiger partial charge in [-0.2, -0.15) is 0 Å². The van der Waals surface area contributed by atoms with Gasteiger partial charge in [-0.3, -0.25) is 4.79 Å². The molecule has 2 bridgehead atoms. The lowest BCUT2D eigenvalue weighted by molar-refractivity contribution is -0.225. The first kappa shape index (κ1) is 10.8. The molecule has 88 valence electrons. The van der Waals surface area contributed by atoms with Crippen LogP contribution in [-0.2, 0) is 4.74 Å². The fourth-order valence-corrected chi connectivity index (χ4v) is 3.27. The third kappa shape index (κ3) is 1.49. The number of hydrogen-bond donors (Lipinski definition) is 0. The smallest absolute Gasteiger partial charge is 0.404 e. The van der Waals surface area contributed by atoms with E-state index >= 15 is 0 Å². The van der Waals surface area contributed by atoms with Crippen molar-refractivity contribution in [1.29, 1.82) is 0 Å². The van der Waals surface area contributed by atoms with Gasteiger partial charge in [0, 0.05) is 41.8 Å². The molecule has 4 heteroatoms. The van der Waals surface area contributed by atoms with Crippen LogP contribution in [-0.4, -0.2) is 16.8 Å². The first-order valence-electron chi connectivity index (χ1n) is 5.54. The van der Waals surface area contributed by atoms with Crippen LogP contribution in [0.1, 0.15) is 29.6 Å². The normalized spacial score (nSPS) is 33.2. The molecular weight excluding hydrogens is 240 g/mol. The fourth-order valence-electron chi connectivity index (χ4n) is 3.11. The second kappa shape index (κ2) is 3.33. The molecule has 0 unspecified atom stereocenters. The number of carbonyl (C=O) groups is 2. The average molecular weight is 251 g/mol. The zero-order valence-electron chi connectivity index (χ0n) is 9.11. The maximum Gasteiger partial charge on any atom is 0.404 e. The van der Waals surface area contributed by atoms with Crippen LogP contribution in [0.2, 0.25) is 0 Å². The number of carbonyl (C=O) groups excluding carboxylic acids is 2. The van der Waals surface area contributed by atoms with E-state index in [1.807, 2.05) is 30.3 Å². The highest BCUT2D eigenvalue weighted by molar-refractivity contribution is 6.61. The summed E-state index contributed by atoms with van der Waals surface area (Å²) in [5, 5.41) is 0. The van der Waals surface area contributed by atoms with Crippen molar-refractivity contribution in [1.82, 2.24) is 0 Å². The molecule has 1 aromatic rings.